The monoisotopic (exact) mass is 479 g/mol. The van der Waals surface area contributed by atoms with Crippen molar-refractivity contribution < 1.29 is 32.2 Å². The number of hydrogen-bond donors (Lipinski definition) is 0. The molecule has 29 heavy (non-hydrogen) atoms. The normalized spacial score (nSPS) is 15.9. The summed E-state index contributed by atoms with van der Waals surface area (Å²) in [6, 6.07) is 3.85. The summed E-state index contributed by atoms with van der Waals surface area (Å²) in [5.41, 5.74) is 0.0635. The number of ether oxygens (including phenoxy) is 2. The third kappa shape index (κ3) is 8.24. The third-order valence-electron chi connectivity index (χ3n) is 4.43. The smallest absolute Gasteiger partial charge is 0.444 e. The van der Waals surface area contributed by atoms with E-state index in [1.165, 1.54) is 18.2 Å². The molecule has 0 aliphatic carbocycles. The molecule has 1 aliphatic heterocycles. The van der Waals surface area contributed by atoms with Crippen molar-refractivity contribution >= 4 is 27.8 Å². The number of amides is 1. The number of halogens is 4. The Morgan fingerprint density at radius 3 is 2.31 bits per heavy atom. The molecule has 162 valence electrons. The largest absolute Gasteiger partial charge is 0.573 e. The molecule has 1 aromatic carbocycles. The van der Waals surface area contributed by atoms with Gasteiger partial charge < -0.3 is 14.4 Å². The maximum absolute atomic E-state index is 12.4. The number of carbonyl (C=O) groups excluding carboxylic acids is 2. The molecule has 0 saturated carbocycles. The first kappa shape index (κ1) is 23.5. The number of hydrogen-bond acceptors (Lipinski definition) is 4. The minimum Gasteiger partial charge on any atom is -0.444 e. The lowest BCUT2D eigenvalue weighted by molar-refractivity contribution is -0.274. The van der Waals surface area contributed by atoms with Gasteiger partial charge in [0, 0.05) is 30.4 Å². The van der Waals surface area contributed by atoms with Gasteiger partial charge in [0.1, 0.15) is 17.1 Å². The van der Waals surface area contributed by atoms with Crippen molar-refractivity contribution in [2.75, 3.05) is 13.1 Å². The van der Waals surface area contributed by atoms with Gasteiger partial charge in [0.25, 0.3) is 0 Å². The Hall–Kier alpha value is -1.77. The Morgan fingerprint density at radius 2 is 1.79 bits per heavy atom. The van der Waals surface area contributed by atoms with Crippen LogP contribution in [0.3, 0.4) is 0 Å². The molecule has 0 atom stereocenters. The summed E-state index contributed by atoms with van der Waals surface area (Å²) < 4.78 is 46.5. The number of Topliss-reactive ketones (excluding diaryl/α,β-unsaturated/α-hetero) is 1. The molecule has 1 fully saturated rings. The first-order chi connectivity index (χ1) is 13.3. The molecule has 0 aromatic heterocycles. The van der Waals surface area contributed by atoms with E-state index in [0.717, 1.165) is 0 Å². The third-order valence-corrected chi connectivity index (χ3v) is 5.17. The van der Waals surface area contributed by atoms with Crippen molar-refractivity contribution in [2.45, 2.75) is 58.4 Å². The molecule has 0 unspecified atom stereocenters. The van der Waals surface area contributed by atoms with Crippen LogP contribution in [0.1, 0.15) is 45.6 Å². The van der Waals surface area contributed by atoms with E-state index in [-0.39, 0.29) is 30.0 Å². The van der Waals surface area contributed by atoms with Crippen LogP contribution >= 0.6 is 15.9 Å². The SMILES string of the molecule is CC(C)(C)OC(=O)N1CCC(CC(=O)Cc2ccc(OC(F)(F)F)cc2Br)CC1. The van der Waals surface area contributed by atoms with E-state index in [0.29, 0.717) is 42.4 Å². The lowest BCUT2D eigenvalue weighted by Crippen LogP contribution is -2.42. The highest BCUT2D eigenvalue weighted by atomic mass is 79.9. The number of ketones is 1. The van der Waals surface area contributed by atoms with E-state index in [2.05, 4.69) is 20.7 Å². The van der Waals surface area contributed by atoms with Crippen molar-refractivity contribution in [1.82, 2.24) is 4.90 Å². The molecule has 1 saturated heterocycles. The van der Waals surface area contributed by atoms with Crippen LogP contribution in [0.15, 0.2) is 22.7 Å². The number of alkyl halides is 3. The molecule has 1 amide bonds. The maximum atomic E-state index is 12.4. The molecular formula is C20H25BrF3NO4. The zero-order valence-corrected chi connectivity index (χ0v) is 18.2. The number of rotatable bonds is 5. The highest BCUT2D eigenvalue weighted by Gasteiger charge is 2.31. The molecule has 0 N–H and O–H groups in total. The van der Waals surface area contributed by atoms with Crippen LogP contribution in [0.5, 0.6) is 5.75 Å². The van der Waals surface area contributed by atoms with Crippen LogP contribution in [-0.4, -0.2) is 41.8 Å². The fraction of sp³-hybridized carbons (Fsp3) is 0.600. The Bertz CT molecular complexity index is 738. The van der Waals surface area contributed by atoms with Gasteiger partial charge >= 0.3 is 12.5 Å². The van der Waals surface area contributed by atoms with E-state index >= 15 is 0 Å². The maximum Gasteiger partial charge on any atom is 0.573 e. The summed E-state index contributed by atoms with van der Waals surface area (Å²) in [4.78, 5) is 26.2. The number of nitrogens with zero attached hydrogens (tertiary/aromatic N) is 1. The van der Waals surface area contributed by atoms with Crippen molar-refractivity contribution in [1.29, 1.82) is 0 Å². The summed E-state index contributed by atoms with van der Waals surface area (Å²) in [5.74, 6) is -0.159. The Balaban J connectivity index is 1.82. The molecule has 1 heterocycles. The van der Waals surface area contributed by atoms with Gasteiger partial charge in [-0.2, -0.15) is 0 Å². The van der Waals surface area contributed by atoms with Crippen LogP contribution in [0.25, 0.3) is 0 Å². The van der Waals surface area contributed by atoms with E-state index in [1.54, 1.807) is 4.90 Å². The average Bonchev–Trinajstić information content (AvgIpc) is 2.55. The van der Waals surface area contributed by atoms with Crippen molar-refractivity contribution in [2.24, 2.45) is 5.92 Å². The predicted octanol–water partition coefficient (Wildman–Crippen LogP) is 5.50. The molecule has 0 bridgehead atoms. The molecule has 0 radical (unpaired) electrons. The first-order valence-electron chi connectivity index (χ1n) is 9.36. The van der Waals surface area contributed by atoms with Crippen molar-refractivity contribution in [3.8, 4) is 5.75 Å². The summed E-state index contributed by atoms with van der Waals surface area (Å²) in [6.45, 7) is 6.53. The molecule has 9 heteroatoms. The first-order valence-corrected chi connectivity index (χ1v) is 10.2. The minimum absolute atomic E-state index is 0.00547. The van der Waals surface area contributed by atoms with Gasteiger partial charge in [0.05, 0.1) is 0 Å². The van der Waals surface area contributed by atoms with Gasteiger partial charge in [-0.05, 0) is 57.2 Å². The van der Waals surface area contributed by atoms with Crippen LogP contribution in [0.4, 0.5) is 18.0 Å². The standard InChI is InChI=1S/C20H25BrF3NO4/c1-19(2,3)29-18(27)25-8-6-13(7-9-25)10-15(26)11-14-4-5-16(12-17(14)21)28-20(22,23)24/h4-5,12-13H,6-11H2,1-3H3. The average molecular weight is 480 g/mol. The Kier molecular flexibility index (Phi) is 7.59. The molecule has 0 spiro atoms. The fourth-order valence-corrected chi connectivity index (χ4v) is 3.62. The molecule has 1 aromatic rings. The van der Waals surface area contributed by atoms with Gasteiger partial charge in [-0.15, -0.1) is 13.2 Å². The van der Waals surface area contributed by atoms with Crippen LogP contribution in [-0.2, 0) is 16.0 Å². The highest BCUT2D eigenvalue weighted by molar-refractivity contribution is 9.10. The quantitative estimate of drug-likeness (QED) is 0.559. The van der Waals surface area contributed by atoms with Crippen LogP contribution in [0.2, 0.25) is 0 Å². The number of piperidine rings is 1. The second kappa shape index (κ2) is 9.36. The summed E-state index contributed by atoms with van der Waals surface area (Å²) >= 11 is 3.20. The van der Waals surface area contributed by atoms with Gasteiger partial charge in [-0.3, -0.25) is 4.79 Å². The molecule has 2 rings (SSSR count). The summed E-state index contributed by atoms with van der Waals surface area (Å²) in [6.07, 6.45) is -3.18. The second-order valence-corrected chi connectivity index (χ2v) is 8.99. The minimum atomic E-state index is -4.76. The van der Waals surface area contributed by atoms with Gasteiger partial charge in [0.15, 0.2) is 0 Å². The second-order valence-electron chi connectivity index (χ2n) is 8.13. The number of benzene rings is 1. The Labute approximate surface area is 176 Å². The lowest BCUT2D eigenvalue weighted by Gasteiger charge is -2.33. The fourth-order valence-electron chi connectivity index (χ4n) is 3.12. The molecular weight excluding hydrogens is 455 g/mol. The van der Waals surface area contributed by atoms with Gasteiger partial charge in [0.2, 0.25) is 0 Å². The van der Waals surface area contributed by atoms with Gasteiger partial charge in [-0.1, -0.05) is 22.0 Å². The summed E-state index contributed by atoms with van der Waals surface area (Å²) in [7, 11) is 0. The van der Waals surface area contributed by atoms with Gasteiger partial charge in [-0.25, -0.2) is 4.79 Å². The molecule has 5 nitrogen and oxygen atoms in total. The van der Waals surface area contributed by atoms with Crippen LogP contribution in [0, 0.1) is 5.92 Å². The summed E-state index contributed by atoms with van der Waals surface area (Å²) in [5, 5.41) is 0. The zero-order valence-electron chi connectivity index (χ0n) is 16.6. The highest BCUT2D eigenvalue weighted by Crippen LogP contribution is 2.29. The van der Waals surface area contributed by atoms with Crippen molar-refractivity contribution in [3.05, 3.63) is 28.2 Å². The number of carbonyl (C=O) groups is 2. The van der Waals surface area contributed by atoms with E-state index in [1.807, 2.05) is 20.8 Å². The molecule has 1 aliphatic rings. The van der Waals surface area contributed by atoms with E-state index in [4.69, 9.17) is 4.74 Å². The van der Waals surface area contributed by atoms with E-state index < -0.39 is 12.0 Å². The van der Waals surface area contributed by atoms with Crippen molar-refractivity contribution in [3.63, 3.8) is 0 Å². The Morgan fingerprint density at radius 1 is 1.17 bits per heavy atom. The zero-order chi connectivity index (χ0) is 21.8. The number of likely N-dealkylation sites (tertiary alicyclic amines) is 1. The van der Waals surface area contributed by atoms with Crippen LogP contribution < -0.4 is 4.74 Å². The van der Waals surface area contributed by atoms with E-state index in [9.17, 15) is 22.8 Å². The lowest BCUT2D eigenvalue weighted by atomic mass is 9.90. The predicted molar refractivity (Wildman–Crippen MR) is 105 cm³/mol. The topological polar surface area (TPSA) is 55.8 Å².